The Morgan fingerprint density at radius 3 is 2.78 bits per heavy atom. The third-order valence-electron chi connectivity index (χ3n) is 5.49. The van der Waals surface area contributed by atoms with Crippen molar-refractivity contribution in [1.29, 1.82) is 0 Å². The maximum atomic E-state index is 12.7. The van der Waals surface area contributed by atoms with Crippen molar-refractivity contribution in [2.24, 2.45) is 0 Å². The monoisotopic (exact) mass is 461 g/mol. The SMILES string of the molecule is Nc1ccnc2c1nc1n2[C@@H]2O[C@H](COS(=O)(=O)NC(=O)c3ccccc3C1)[C@@H](O)[C@H]2O. The molecule has 0 saturated carbocycles. The summed E-state index contributed by atoms with van der Waals surface area (Å²) in [5.74, 6) is -0.530. The number of carbonyl (C=O) groups excluding carboxylic acids is 1. The molecule has 5 N–H and O–H groups in total. The van der Waals surface area contributed by atoms with E-state index in [4.69, 9.17) is 14.7 Å². The number of nitrogen functional groups attached to an aromatic ring is 1. The lowest BCUT2D eigenvalue weighted by Crippen LogP contribution is -2.38. The van der Waals surface area contributed by atoms with Crippen molar-refractivity contribution < 1.29 is 32.3 Å². The fourth-order valence-electron chi connectivity index (χ4n) is 3.95. The molecule has 1 amide bonds. The van der Waals surface area contributed by atoms with E-state index in [0.717, 1.165) is 0 Å². The van der Waals surface area contributed by atoms with Gasteiger partial charge in [0, 0.05) is 18.2 Å². The number of benzene rings is 1. The van der Waals surface area contributed by atoms with Crippen molar-refractivity contribution in [2.75, 3.05) is 12.3 Å². The zero-order valence-corrected chi connectivity index (χ0v) is 17.3. The summed E-state index contributed by atoms with van der Waals surface area (Å²) in [6.45, 7) is -0.628. The van der Waals surface area contributed by atoms with E-state index in [-0.39, 0.29) is 12.0 Å². The highest BCUT2D eigenvalue weighted by Gasteiger charge is 2.46. The number of fused-ring (bicyclic) bond motifs is 7. The molecule has 1 saturated heterocycles. The van der Waals surface area contributed by atoms with Crippen LogP contribution in [0.5, 0.6) is 0 Å². The zero-order chi connectivity index (χ0) is 22.6. The molecule has 5 rings (SSSR count). The molecule has 32 heavy (non-hydrogen) atoms. The van der Waals surface area contributed by atoms with E-state index in [2.05, 4.69) is 9.97 Å². The maximum Gasteiger partial charge on any atom is 0.362 e. The number of imidazole rings is 1. The maximum absolute atomic E-state index is 12.7. The first-order valence-corrected chi connectivity index (χ1v) is 11.1. The number of nitrogens with one attached hydrogen (secondary N) is 1. The van der Waals surface area contributed by atoms with Crippen LogP contribution in [0.4, 0.5) is 5.69 Å². The first-order chi connectivity index (χ1) is 15.2. The van der Waals surface area contributed by atoms with Gasteiger partial charge in [0.05, 0.1) is 12.3 Å². The number of aliphatic hydroxyl groups excluding tert-OH is 2. The summed E-state index contributed by atoms with van der Waals surface area (Å²) in [6, 6.07) is 7.98. The number of pyridine rings is 1. The predicted molar refractivity (Wildman–Crippen MR) is 109 cm³/mol. The minimum absolute atomic E-state index is 0.0631. The predicted octanol–water partition coefficient (Wildman–Crippen LogP) is -0.772. The molecule has 0 unspecified atom stereocenters. The van der Waals surface area contributed by atoms with Gasteiger partial charge < -0.3 is 20.7 Å². The van der Waals surface area contributed by atoms with Gasteiger partial charge in [-0.25, -0.2) is 14.7 Å². The molecule has 2 aliphatic heterocycles. The van der Waals surface area contributed by atoms with Crippen molar-refractivity contribution in [3.8, 4) is 0 Å². The van der Waals surface area contributed by atoms with Gasteiger partial charge in [-0.3, -0.25) is 13.5 Å². The Labute approximate surface area is 181 Å². The molecule has 2 aliphatic rings. The standard InChI is InChI=1S/C19H19N5O7S/c20-11-5-6-21-17-14(11)22-13-7-9-3-1-2-4-10(9)18(27)23-32(28,29)30-8-12-15(25)16(26)19(31-12)24(13)17/h1-6,12,15-16,19,25-26H,7-8H2,(H2,20,21)(H,23,27)/t12-,15-,16-,19-/m1/s1. The topological polar surface area (TPSA) is 179 Å². The Morgan fingerprint density at radius 1 is 1.19 bits per heavy atom. The number of aliphatic hydroxyl groups is 2. The van der Waals surface area contributed by atoms with Crippen molar-refractivity contribution in [1.82, 2.24) is 19.3 Å². The fraction of sp³-hybridized carbons (Fsp3) is 0.316. The van der Waals surface area contributed by atoms with Gasteiger partial charge in [0.1, 0.15) is 29.7 Å². The molecule has 168 valence electrons. The van der Waals surface area contributed by atoms with Gasteiger partial charge in [-0.2, -0.15) is 8.42 Å². The Morgan fingerprint density at radius 2 is 1.97 bits per heavy atom. The molecular weight excluding hydrogens is 442 g/mol. The highest BCUT2D eigenvalue weighted by Crippen LogP contribution is 2.35. The zero-order valence-electron chi connectivity index (χ0n) is 16.5. The Bertz CT molecular complexity index is 1320. The van der Waals surface area contributed by atoms with Crippen LogP contribution in [0.25, 0.3) is 11.2 Å². The van der Waals surface area contributed by atoms with Gasteiger partial charge in [0.2, 0.25) is 0 Å². The van der Waals surface area contributed by atoms with Crippen molar-refractivity contribution >= 4 is 33.1 Å². The Hall–Kier alpha value is -3.10. The third-order valence-corrected chi connectivity index (χ3v) is 6.37. The number of aromatic nitrogens is 3. The van der Waals surface area contributed by atoms with Crippen LogP contribution in [0.1, 0.15) is 28.0 Å². The number of hydrogen-bond acceptors (Lipinski definition) is 10. The molecule has 4 atom stereocenters. The number of carbonyl (C=O) groups is 1. The third kappa shape index (κ3) is 3.40. The normalized spacial score (nSPS) is 27.5. The van der Waals surface area contributed by atoms with E-state index in [1.807, 2.05) is 4.72 Å². The summed E-state index contributed by atoms with van der Waals surface area (Å²) in [5.41, 5.74) is 7.65. The van der Waals surface area contributed by atoms with Gasteiger partial charge in [-0.15, -0.1) is 0 Å². The number of nitrogens with two attached hydrogens (primary N) is 1. The number of nitrogens with zero attached hydrogens (tertiary/aromatic N) is 3. The molecular formula is C19H19N5O7S. The van der Waals surface area contributed by atoms with Gasteiger partial charge in [0.15, 0.2) is 11.9 Å². The second-order valence-electron chi connectivity index (χ2n) is 7.52. The summed E-state index contributed by atoms with van der Waals surface area (Å²) in [5, 5.41) is 21.2. The number of ether oxygens (including phenoxy) is 1. The minimum atomic E-state index is -4.50. The first kappa shape index (κ1) is 20.8. The van der Waals surface area contributed by atoms with Gasteiger partial charge >= 0.3 is 10.3 Å². The molecule has 4 heterocycles. The van der Waals surface area contributed by atoms with Crippen molar-refractivity contribution in [3.05, 3.63) is 53.5 Å². The molecule has 0 aliphatic carbocycles. The van der Waals surface area contributed by atoms with Crippen LogP contribution in [-0.4, -0.2) is 64.0 Å². The second kappa shape index (κ2) is 7.50. The lowest BCUT2D eigenvalue weighted by atomic mass is 10.0. The molecule has 0 radical (unpaired) electrons. The smallest absolute Gasteiger partial charge is 0.362 e. The highest BCUT2D eigenvalue weighted by molar-refractivity contribution is 7.85. The summed E-state index contributed by atoms with van der Waals surface area (Å²) in [6.07, 6.45) is -3.71. The Kier molecular flexibility index (Phi) is 4.87. The van der Waals surface area contributed by atoms with Crippen molar-refractivity contribution in [2.45, 2.75) is 31.0 Å². The number of hydrogen-bond donors (Lipinski definition) is 4. The van der Waals surface area contributed by atoms with Crippen LogP contribution >= 0.6 is 0 Å². The summed E-state index contributed by atoms with van der Waals surface area (Å²) >= 11 is 0. The molecule has 2 bridgehead atoms. The van der Waals surface area contributed by atoms with Gasteiger partial charge in [-0.1, -0.05) is 18.2 Å². The van der Waals surface area contributed by atoms with Crippen LogP contribution < -0.4 is 10.5 Å². The minimum Gasteiger partial charge on any atom is -0.397 e. The number of anilines is 1. The van der Waals surface area contributed by atoms with E-state index in [1.165, 1.54) is 16.8 Å². The summed E-state index contributed by atoms with van der Waals surface area (Å²) in [4.78, 5) is 21.6. The molecule has 2 aromatic heterocycles. The van der Waals surface area contributed by atoms with E-state index in [1.54, 1.807) is 24.3 Å². The van der Waals surface area contributed by atoms with Crippen LogP contribution in [0.15, 0.2) is 36.5 Å². The molecule has 0 spiro atoms. The largest absolute Gasteiger partial charge is 0.397 e. The molecule has 1 aromatic carbocycles. The quantitative estimate of drug-likeness (QED) is 0.332. The number of amides is 1. The fourth-order valence-corrected chi connectivity index (χ4v) is 4.66. The van der Waals surface area contributed by atoms with Gasteiger partial charge in [-0.05, 0) is 17.7 Å². The van der Waals surface area contributed by atoms with Gasteiger partial charge in [0.25, 0.3) is 5.91 Å². The summed E-state index contributed by atoms with van der Waals surface area (Å²) < 4.78 is 38.4. The van der Waals surface area contributed by atoms with E-state index in [9.17, 15) is 23.4 Å². The van der Waals surface area contributed by atoms with Crippen LogP contribution in [0.3, 0.4) is 0 Å². The van der Waals surface area contributed by atoms with E-state index >= 15 is 0 Å². The number of rotatable bonds is 0. The van der Waals surface area contributed by atoms with E-state index in [0.29, 0.717) is 28.2 Å². The molecule has 3 aromatic rings. The lowest BCUT2D eigenvalue weighted by molar-refractivity contribution is -0.0479. The Balaban J connectivity index is 1.73. The van der Waals surface area contributed by atoms with Crippen LogP contribution in [-0.2, 0) is 25.6 Å². The first-order valence-electron chi connectivity index (χ1n) is 9.67. The average molecular weight is 461 g/mol. The molecule has 13 heteroatoms. The summed E-state index contributed by atoms with van der Waals surface area (Å²) in [7, 11) is -4.50. The van der Waals surface area contributed by atoms with E-state index < -0.39 is 47.4 Å². The van der Waals surface area contributed by atoms with Crippen molar-refractivity contribution in [3.63, 3.8) is 0 Å². The highest BCUT2D eigenvalue weighted by atomic mass is 32.2. The second-order valence-corrected chi connectivity index (χ2v) is 8.87. The molecule has 12 nitrogen and oxygen atoms in total. The van der Waals surface area contributed by atoms with Crippen LogP contribution in [0.2, 0.25) is 0 Å². The molecule has 1 fully saturated rings. The van der Waals surface area contributed by atoms with Crippen LogP contribution in [0, 0.1) is 0 Å². The average Bonchev–Trinajstić information content (AvgIpc) is 3.24. The lowest BCUT2D eigenvalue weighted by Gasteiger charge is -2.19.